The van der Waals surface area contributed by atoms with Crippen LogP contribution in [0.2, 0.25) is 0 Å². The topological polar surface area (TPSA) is 84.8 Å². The van der Waals surface area contributed by atoms with Crippen molar-refractivity contribution < 1.29 is 17.5 Å². The number of rotatable bonds is 5. The van der Waals surface area contributed by atoms with Crippen molar-refractivity contribution in [3.05, 3.63) is 48.2 Å². The first-order valence-electron chi connectivity index (χ1n) is 6.78. The molecule has 0 saturated carbocycles. The fraction of sp³-hybridized carbons (Fsp3) is 0.0667. The lowest BCUT2D eigenvalue weighted by molar-refractivity contribution is 0.204. The average molecular weight is 378 g/mol. The fourth-order valence-corrected chi connectivity index (χ4v) is 2.33. The highest BCUT2D eigenvalue weighted by Crippen LogP contribution is 2.38. The van der Waals surface area contributed by atoms with Crippen molar-refractivity contribution in [2.24, 2.45) is 0 Å². The van der Waals surface area contributed by atoms with Gasteiger partial charge in [-0.2, -0.15) is 19.0 Å². The number of nitriles is 1. The Kier molecular flexibility index (Phi) is 4.93. The molecule has 0 aliphatic heterocycles. The third-order valence-electron chi connectivity index (χ3n) is 2.85. The zero-order valence-electron chi connectivity index (χ0n) is 12.4. The number of benzene rings is 1. The van der Waals surface area contributed by atoms with Crippen molar-refractivity contribution in [1.29, 1.82) is 5.26 Å². The van der Waals surface area contributed by atoms with Crippen molar-refractivity contribution in [3.63, 3.8) is 0 Å². The summed E-state index contributed by atoms with van der Waals surface area (Å²) in [5.74, 6) is 0.454. The number of nitrogens with zero attached hydrogens (tertiary/aromatic N) is 4. The first-order valence-corrected chi connectivity index (χ1v) is 8.09. The highest BCUT2D eigenvalue weighted by atomic mass is 32.2. The molecule has 6 nitrogen and oxygen atoms in total. The van der Waals surface area contributed by atoms with Crippen LogP contribution in [0.15, 0.2) is 47.1 Å². The highest BCUT2D eigenvalue weighted by molar-refractivity contribution is 7.99. The van der Waals surface area contributed by atoms with Gasteiger partial charge in [-0.3, -0.25) is 4.98 Å². The predicted molar refractivity (Wildman–Crippen MR) is 90.6 cm³/mol. The number of hydrogen-bond donors (Lipinski definition) is 0. The van der Waals surface area contributed by atoms with E-state index in [1.54, 1.807) is 24.4 Å². The Morgan fingerprint density at radius 1 is 1.28 bits per heavy atom. The van der Waals surface area contributed by atoms with E-state index in [9.17, 15) is 8.78 Å². The predicted octanol–water partition coefficient (Wildman–Crippen LogP) is 4.12. The van der Waals surface area contributed by atoms with Gasteiger partial charge in [0, 0.05) is 11.8 Å². The molecule has 126 valence electrons. The largest absolute Gasteiger partial charge is 0.419 e. The van der Waals surface area contributed by atoms with Gasteiger partial charge in [0.1, 0.15) is 23.5 Å². The molecule has 3 aromatic rings. The minimum absolute atomic E-state index is 0.0446. The molecule has 0 bridgehead atoms. The fourth-order valence-electron chi connectivity index (χ4n) is 1.88. The quantitative estimate of drug-likeness (QED) is 0.488. The van der Waals surface area contributed by atoms with E-state index in [4.69, 9.17) is 14.0 Å². The summed E-state index contributed by atoms with van der Waals surface area (Å²) in [5.41, 5.74) is 1.10. The van der Waals surface area contributed by atoms with Crippen LogP contribution in [0.3, 0.4) is 0 Å². The van der Waals surface area contributed by atoms with Crippen molar-refractivity contribution in [1.82, 2.24) is 15.1 Å². The van der Waals surface area contributed by atoms with Crippen LogP contribution in [0.1, 0.15) is 5.56 Å². The molecule has 0 aliphatic rings. The van der Waals surface area contributed by atoms with E-state index < -0.39 is 5.00 Å². The van der Waals surface area contributed by atoms with E-state index in [1.807, 2.05) is 6.07 Å². The molecule has 2 heterocycles. The number of halogens is 2. The van der Waals surface area contributed by atoms with Gasteiger partial charge in [-0.25, -0.2) is 0 Å². The average Bonchev–Trinajstić information content (AvgIpc) is 3.10. The molecular weight excluding hydrogens is 369 g/mol. The van der Waals surface area contributed by atoms with E-state index in [0.29, 0.717) is 11.3 Å². The van der Waals surface area contributed by atoms with Crippen molar-refractivity contribution >= 4 is 21.3 Å². The lowest BCUT2D eigenvalue weighted by Gasteiger charge is -2.10. The Bertz CT molecular complexity index is 925. The van der Waals surface area contributed by atoms with Crippen LogP contribution in [0, 0.1) is 11.3 Å². The monoisotopic (exact) mass is 378 g/mol. The van der Waals surface area contributed by atoms with Crippen LogP contribution in [0.5, 0.6) is 5.75 Å². The second kappa shape index (κ2) is 7.13. The molecule has 0 radical (unpaired) electrons. The maximum atomic E-state index is 12.9. The SMILES string of the molecule is N#Cc1cc(OSC(F)(F)P)cc(-c2nc(-c3ccccn3)no2)c1. The Balaban J connectivity index is 1.92. The third-order valence-corrected chi connectivity index (χ3v) is 3.64. The van der Waals surface area contributed by atoms with Crippen LogP contribution in [-0.4, -0.2) is 20.1 Å². The van der Waals surface area contributed by atoms with Crippen LogP contribution in [-0.2, 0) is 0 Å². The normalized spacial score (nSPS) is 11.1. The number of pyridine rings is 1. The van der Waals surface area contributed by atoms with Crippen molar-refractivity contribution in [2.45, 2.75) is 5.00 Å². The van der Waals surface area contributed by atoms with E-state index in [2.05, 4.69) is 15.1 Å². The summed E-state index contributed by atoms with van der Waals surface area (Å²) >= 11 is -0.0446. The summed E-state index contributed by atoms with van der Waals surface area (Å²) in [4.78, 5) is 5.17. The number of aromatic nitrogens is 3. The van der Waals surface area contributed by atoms with E-state index in [0.717, 1.165) is 0 Å². The molecule has 0 aliphatic carbocycles. The lowest BCUT2D eigenvalue weighted by atomic mass is 10.1. The third kappa shape index (κ3) is 4.50. The standard InChI is InChI=1S/C15H9F2N4O2PS/c16-15(17,24)25-23-11-6-9(8-18)5-10(7-11)14-20-13(21-22-14)12-3-1-2-4-19-12/h1-7H,24H2. The molecule has 1 aromatic carbocycles. The zero-order chi connectivity index (χ0) is 17.9. The molecule has 1 unspecified atom stereocenters. The highest BCUT2D eigenvalue weighted by Gasteiger charge is 2.25. The smallest absolute Gasteiger partial charge is 0.338 e. The van der Waals surface area contributed by atoms with Gasteiger partial charge < -0.3 is 8.71 Å². The van der Waals surface area contributed by atoms with Crippen LogP contribution in [0.25, 0.3) is 23.0 Å². The molecular formula is C15H9F2N4O2PS. The summed E-state index contributed by atoms with van der Waals surface area (Å²) in [7, 11) is 1.35. The summed E-state index contributed by atoms with van der Waals surface area (Å²) in [6.07, 6.45) is 1.59. The summed E-state index contributed by atoms with van der Waals surface area (Å²) in [5, 5.41) is 12.9. The molecule has 0 amide bonds. The number of alkyl halides is 2. The van der Waals surface area contributed by atoms with Gasteiger partial charge in [0.05, 0.1) is 11.6 Å². The first-order chi connectivity index (χ1) is 11.9. The molecule has 3 rings (SSSR count). The lowest BCUT2D eigenvalue weighted by Crippen LogP contribution is -2.00. The van der Waals surface area contributed by atoms with Gasteiger partial charge in [0.25, 0.3) is 5.89 Å². The molecule has 0 saturated heterocycles. The van der Waals surface area contributed by atoms with Crippen LogP contribution >= 0.6 is 21.3 Å². The van der Waals surface area contributed by atoms with E-state index in [-0.39, 0.29) is 35.1 Å². The molecule has 0 N–H and O–H groups in total. The second-order valence-electron chi connectivity index (χ2n) is 4.72. The van der Waals surface area contributed by atoms with Gasteiger partial charge in [-0.1, -0.05) is 11.2 Å². The summed E-state index contributed by atoms with van der Waals surface area (Å²) in [6, 6.07) is 11.4. The molecule has 2 aromatic heterocycles. The molecule has 25 heavy (non-hydrogen) atoms. The Labute approximate surface area is 147 Å². The Hall–Kier alpha value is -2.56. The zero-order valence-corrected chi connectivity index (χ0v) is 14.4. The number of hydrogen-bond acceptors (Lipinski definition) is 7. The molecule has 0 fully saturated rings. The minimum atomic E-state index is -3.15. The summed E-state index contributed by atoms with van der Waals surface area (Å²) in [6.45, 7) is 0. The van der Waals surface area contributed by atoms with Crippen LogP contribution in [0.4, 0.5) is 8.78 Å². The van der Waals surface area contributed by atoms with Crippen molar-refractivity contribution in [3.8, 4) is 34.8 Å². The first kappa shape index (κ1) is 17.3. The van der Waals surface area contributed by atoms with E-state index >= 15 is 0 Å². The van der Waals surface area contributed by atoms with E-state index in [1.165, 1.54) is 27.4 Å². The van der Waals surface area contributed by atoms with Gasteiger partial charge in [0.2, 0.25) is 5.82 Å². The van der Waals surface area contributed by atoms with Gasteiger partial charge in [0.15, 0.2) is 0 Å². The van der Waals surface area contributed by atoms with Crippen LogP contribution < -0.4 is 4.18 Å². The summed E-state index contributed by atoms with van der Waals surface area (Å²) < 4.78 is 35.9. The molecule has 1 atom stereocenters. The maximum absolute atomic E-state index is 12.9. The maximum Gasteiger partial charge on any atom is 0.338 e. The Morgan fingerprint density at radius 2 is 2.12 bits per heavy atom. The van der Waals surface area contributed by atoms with Crippen molar-refractivity contribution in [2.75, 3.05) is 0 Å². The van der Waals surface area contributed by atoms with Gasteiger partial charge in [-0.15, -0.1) is 0 Å². The molecule has 10 heteroatoms. The van der Waals surface area contributed by atoms with Gasteiger partial charge >= 0.3 is 5.00 Å². The molecule has 0 spiro atoms. The Morgan fingerprint density at radius 3 is 2.80 bits per heavy atom. The minimum Gasteiger partial charge on any atom is -0.419 e. The second-order valence-corrected chi connectivity index (χ2v) is 6.75. The van der Waals surface area contributed by atoms with Gasteiger partial charge in [-0.05, 0) is 39.6 Å².